The number of rotatable bonds is 6. The summed E-state index contributed by atoms with van der Waals surface area (Å²) < 4.78 is 0. The van der Waals surface area contributed by atoms with Crippen LogP contribution in [0.25, 0.3) is 11.1 Å². The highest BCUT2D eigenvalue weighted by molar-refractivity contribution is 6.30. The second kappa shape index (κ2) is 10.2. The number of likely N-dealkylation sites (tertiary alicyclic amines) is 1. The molecule has 2 aliphatic rings. The number of nitrogens with zero attached hydrogens (tertiary/aromatic N) is 4. The standard InChI is InChI=1S/C26H30ClN7/c27-19-7-5-18(6-8-19)21-3-1-2-4-22(21)25(15-28)33-12-9-20(10-13-33)34-14-11-23-24(16-34)30-17-31-26(23)32-29/h1-8,15,17,20,25,28H,9-14,16,29H2,(H,30,31,32). The molecule has 0 saturated carbocycles. The van der Waals surface area contributed by atoms with E-state index < -0.39 is 0 Å². The van der Waals surface area contributed by atoms with Crippen molar-refractivity contribution in [3.8, 4) is 11.1 Å². The Hall–Kier alpha value is -2.84. The van der Waals surface area contributed by atoms with Crippen LogP contribution >= 0.6 is 11.6 Å². The van der Waals surface area contributed by atoms with Crippen molar-refractivity contribution < 1.29 is 0 Å². The SMILES string of the molecule is N=CC(c1ccccc1-c1ccc(Cl)cc1)N1CCC(N2CCc3c(ncnc3NN)C2)CC1. The van der Waals surface area contributed by atoms with Crippen LogP contribution in [-0.2, 0) is 13.0 Å². The fourth-order valence-electron chi connectivity index (χ4n) is 5.38. The van der Waals surface area contributed by atoms with Gasteiger partial charge >= 0.3 is 0 Å². The van der Waals surface area contributed by atoms with E-state index in [2.05, 4.69) is 61.6 Å². The Morgan fingerprint density at radius 3 is 2.56 bits per heavy atom. The average Bonchev–Trinajstić information content (AvgIpc) is 2.89. The largest absolute Gasteiger partial charge is 0.311 e. The summed E-state index contributed by atoms with van der Waals surface area (Å²) >= 11 is 6.11. The normalized spacial score (nSPS) is 18.3. The molecule has 1 fully saturated rings. The average molecular weight is 476 g/mol. The first-order valence-electron chi connectivity index (χ1n) is 11.8. The lowest BCUT2D eigenvalue weighted by atomic mass is 9.92. The van der Waals surface area contributed by atoms with Gasteiger partial charge in [-0.1, -0.05) is 48.0 Å². The number of hydrazine groups is 1. The zero-order chi connectivity index (χ0) is 23.5. The van der Waals surface area contributed by atoms with Gasteiger partial charge in [-0.2, -0.15) is 0 Å². The Labute approximate surface area is 205 Å². The first kappa shape index (κ1) is 22.9. The quantitative estimate of drug-likeness (QED) is 0.279. The Balaban J connectivity index is 1.28. The van der Waals surface area contributed by atoms with Crippen LogP contribution in [0.4, 0.5) is 5.82 Å². The number of benzene rings is 2. The molecule has 0 radical (unpaired) electrons. The zero-order valence-electron chi connectivity index (χ0n) is 19.1. The highest BCUT2D eigenvalue weighted by atomic mass is 35.5. The van der Waals surface area contributed by atoms with E-state index >= 15 is 0 Å². The Morgan fingerprint density at radius 2 is 1.82 bits per heavy atom. The molecule has 176 valence electrons. The molecule has 0 spiro atoms. The third-order valence-corrected chi connectivity index (χ3v) is 7.43. The Kier molecular flexibility index (Phi) is 6.87. The van der Waals surface area contributed by atoms with Crippen LogP contribution in [0.1, 0.15) is 35.7 Å². The summed E-state index contributed by atoms with van der Waals surface area (Å²) in [6, 6.07) is 16.8. The molecule has 8 heteroatoms. The third kappa shape index (κ3) is 4.57. The third-order valence-electron chi connectivity index (χ3n) is 7.17. The van der Waals surface area contributed by atoms with Crippen LogP contribution in [0.2, 0.25) is 5.02 Å². The van der Waals surface area contributed by atoms with E-state index in [0.29, 0.717) is 6.04 Å². The van der Waals surface area contributed by atoms with Gasteiger partial charge in [-0.25, -0.2) is 15.8 Å². The van der Waals surface area contributed by atoms with E-state index in [1.165, 1.54) is 5.56 Å². The molecule has 3 heterocycles. The summed E-state index contributed by atoms with van der Waals surface area (Å²) in [4.78, 5) is 13.8. The number of nitrogens with two attached hydrogens (primary N) is 1. The van der Waals surface area contributed by atoms with Crippen LogP contribution in [0.5, 0.6) is 0 Å². The summed E-state index contributed by atoms with van der Waals surface area (Å²) in [6.07, 6.45) is 6.25. The highest BCUT2D eigenvalue weighted by Gasteiger charge is 2.31. The van der Waals surface area contributed by atoms with Gasteiger partial charge in [0.05, 0.1) is 11.7 Å². The van der Waals surface area contributed by atoms with E-state index in [9.17, 15) is 0 Å². The van der Waals surface area contributed by atoms with Crippen molar-refractivity contribution in [3.05, 3.63) is 76.7 Å². The fraction of sp³-hybridized carbons (Fsp3) is 0.346. The predicted octanol–water partition coefficient (Wildman–Crippen LogP) is 4.30. The summed E-state index contributed by atoms with van der Waals surface area (Å²) in [5.74, 6) is 6.37. The number of hydrogen-bond acceptors (Lipinski definition) is 7. The van der Waals surface area contributed by atoms with Crippen molar-refractivity contribution in [1.82, 2.24) is 19.8 Å². The molecule has 34 heavy (non-hydrogen) atoms. The number of halogens is 1. The maximum Gasteiger partial charge on any atom is 0.146 e. The lowest BCUT2D eigenvalue weighted by molar-refractivity contribution is 0.0889. The smallest absolute Gasteiger partial charge is 0.146 e. The molecule has 1 aromatic heterocycles. The maximum absolute atomic E-state index is 8.26. The summed E-state index contributed by atoms with van der Waals surface area (Å²) in [7, 11) is 0. The fourth-order valence-corrected chi connectivity index (χ4v) is 5.50. The molecule has 0 amide bonds. The maximum atomic E-state index is 8.26. The van der Waals surface area contributed by atoms with Crippen LogP contribution in [0, 0.1) is 5.41 Å². The number of nitrogens with one attached hydrogen (secondary N) is 2. The highest BCUT2D eigenvalue weighted by Crippen LogP contribution is 2.34. The van der Waals surface area contributed by atoms with Crippen LogP contribution in [0.15, 0.2) is 54.9 Å². The number of piperidine rings is 1. The van der Waals surface area contributed by atoms with E-state index in [-0.39, 0.29) is 6.04 Å². The second-order valence-electron chi connectivity index (χ2n) is 8.99. The number of nitrogen functional groups attached to an aromatic ring is 1. The first-order chi connectivity index (χ1) is 16.7. The van der Waals surface area contributed by atoms with Crippen molar-refractivity contribution in [1.29, 1.82) is 5.41 Å². The Morgan fingerprint density at radius 1 is 1.06 bits per heavy atom. The van der Waals surface area contributed by atoms with Gasteiger partial charge in [-0.3, -0.25) is 9.80 Å². The van der Waals surface area contributed by atoms with Gasteiger partial charge in [0.2, 0.25) is 0 Å². The number of aromatic nitrogens is 2. The molecule has 1 unspecified atom stereocenters. The molecule has 0 bridgehead atoms. The first-order valence-corrected chi connectivity index (χ1v) is 12.2. The van der Waals surface area contributed by atoms with Gasteiger partial charge < -0.3 is 10.8 Å². The lowest BCUT2D eigenvalue weighted by Gasteiger charge is -2.42. The van der Waals surface area contributed by atoms with Gasteiger partial charge in [0.25, 0.3) is 0 Å². The van der Waals surface area contributed by atoms with E-state index in [1.807, 2.05) is 12.1 Å². The summed E-state index contributed by atoms with van der Waals surface area (Å²) in [5.41, 5.74) is 8.38. The van der Waals surface area contributed by atoms with Crippen molar-refractivity contribution in [2.24, 2.45) is 5.84 Å². The van der Waals surface area contributed by atoms with Crippen LogP contribution in [0.3, 0.4) is 0 Å². The van der Waals surface area contributed by atoms with Crippen molar-refractivity contribution >= 4 is 23.6 Å². The number of hydrogen-bond donors (Lipinski definition) is 3. The molecule has 0 aliphatic carbocycles. The topological polar surface area (TPSA) is 94.2 Å². The van der Waals surface area contributed by atoms with E-state index in [1.54, 1.807) is 12.5 Å². The molecule has 7 nitrogen and oxygen atoms in total. The molecular formula is C26H30ClN7. The predicted molar refractivity (Wildman–Crippen MR) is 137 cm³/mol. The van der Waals surface area contributed by atoms with E-state index in [0.717, 1.165) is 78.7 Å². The van der Waals surface area contributed by atoms with Gasteiger partial charge in [-0.05, 0) is 48.1 Å². The molecule has 4 N–H and O–H groups in total. The van der Waals surface area contributed by atoms with Crippen molar-refractivity contribution in [2.45, 2.75) is 37.9 Å². The summed E-state index contributed by atoms with van der Waals surface area (Å²) in [6.45, 7) is 3.75. The minimum atomic E-state index is -0.0409. The molecule has 1 atom stereocenters. The van der Waals surface area contributed by atoms with Crippen molar-refractivity contribution in [2.75, 3.05) is 25.1 Å². The van der Waals surface area contributed by atoms with Crippen molar-refractivity contribution in [3.63, 3.8) is 0 Å². The molecule has 5 rings (SSSR count). The molecule has 1 saturated heterocycles. The number of anilines is 1. The molecular weight excluding hydrogens is 446 g/mol. The molecule has 2 aliphatic heterocycles. The Bertz CT molecular complexity index is 1140. The molecule has 3 aromatic rings. The van der Waals surface area contributed by atoms with Gasteiger partial charge in [-0.15, -0.1) is 0 Å². The second-order valence-corrected chi connectivity index (χ2v) is 9.42. The van der Waals surface area contributed by atoms with Crippen LogP contribution < -0.4 is 11.3 Å². The summed E-state index contributed by atoms with van der Waals surface area (Å²) in [5, 5.41) is 8.99. The monoisotopic (exact) mass is 475 g/mol. The zero-order valence-corrected chi connectivity index (χ0v) is 19.9. The van der Waals surface area contributed by atoms with E-state index in [4.69, 9.17) is 22.9 Å². The van der Waals surface area contributed by atoms with Gasteiger partial charge in [0.15, 0.2) is 0 Å². The molecule has 2 aromatic carbocycles. The lowest BCUT2D eigenvalue weighted by Crippen LogP contribution is -2.47. The van der Waals surface area contributed by atoms with Gasteiger partial charge in [0.1, 0.15) is 12.1 Å². The number of fused-ring (bicyclic) bond motifs is 1. The minimum Gasteiger partial charge on any atom is -0.311 e. The minimum absolute atomic E-state index is 0.0409. The van der Waals surface area contributed by atoms with Gasteiger partial charge in [0, 0.05) is 49.0 Å². The van der Waals surface area contributed by atoms with Crippen LogP contribution in [-0.4, -0.2) is 51.7 Å².